The van der Waals surface area contributed by atoms with Gasteiger partial charge in [-0.25, -0.2) is 12.8 Å². The van der Waals surface area contributed by atoms with Crippen molar-refractivity contribution in [1.82, 2.24) is 0 Å². The number of para-hydroxylation sites is 1. The Morgan fingerprint density at radius 3 is 2.61 bits per heavy atom. The number of aryl methyl sites for hydroxylation is 1. The van der Waals surface area contributed by atoms with Crippen LogP contribution in [-0.4, -0.2) is 8.42 Å². The van der Waals surface area contributed by atoms with Gasteiger partial charge in [0.1, 0.15) is 11.9 Å². The van der Waals surface area contributed by atoms with Crippen molar-refractivity contribution in [3.63, 3.8) is 0 Å². The Kier molecular flexibility index (Phi) is 3.66. The molecular weight excluding hydrogens is 315 g/mol. The summed E-state index contributed by atoms with van der Waals surface area (Å²) in [6, 6.07) is 12.6. The maximum absolute atomic E-state index is 13.7. The maximum atomic E-state index is 13.7. The van der Waals surface area contributed by atoms with Crippen molar-refractivity contribution in [1.29, 1.82) is 5.26 Å². The fraction of sp³-hybridized carbons (Fsp3) is 0.118. The number of halogens is 1. The van der Waals surface area contributed by atoms with Gasteiger partial charge in [-0.2, -0.15) is 5.26 Å². The van der Waals surface area contributed by atoms with Crippen LogP contribution in [0.15, 0.2) is 58.5 Å². The molecule has 0 fully saturated rings. The first-order valence-electron chi connectivity index (χ1n) is 7.02. The minimum absolute atomic E-state index is 0.0659. The van der Waals surface area contributed by atoms with E-state index >= 15 is 0 Å². The van der Waals surface area contributed by atoms with E-state index in [0.717, 1.165) is 23.7 Å². The van der Waals surface area contributed by atoms with Gasteiger partial charge in [-0.05, 0) is 36.2 Å². The third-order valence-corrected chi connectivity index (χ3v) is 5.45. The van der Waals surface area contributed by atoms with E-state index in [1.165, 1.54) is 18.3 Å². The summed E-state index contributed by atoms with van der Waals surface area (Å²) in [5, 5.41) is 9.20. The summed E-state index contributed by atoms with van der Waals surface area (Å²) in [5.41, 5.74) is 1.91. The monoisotopic (exact) mass is 328 g/mol. The molecule has 0 amide bonds. The molecule has 0 N–H and O–H groups in total. The molecule has 0 saturated heterocycles. The SMILES string of the molecule is CCc1ccccc1N1C=C(C#N)S(=O)(=O)c2ccc(F)cc21. The molecule has 0 unspecified atom stereocenters. The Balaban J connectivity index is 2.34. The molecule has 0 bridgehead atoms. The fourth-order valence-corrected chi connectivity index (χ4v) is 3.89. The number of benzene rings is 2. The first-order valence-corrected chi connectivity index (χ1v) is 8.51. The highest BCUT2D eigenvalue weighted by Crippen LogP contribution is 2.40. The van der Waals surface area contributed by atoms with E-state index in [1.54, 1.807) is 11.0 Å². The highest BCUT2D eigenvalue weighted by atomic mass is 32.2. The summed E-state index contributed by atoms with van der Waals surface area (Å²) in [6.45, 7) is 1.97. The van der Waals surface area contributed by atoms with Gasteiger partial charge in [0.15, 0.2) is 4.91 Å². The Hall–Kier alpha value is -2.65. The van der Waals surface area contributed by atoms with Crippen LogP contribution in [0.25, 0.3) is 0 Å². The van der Waals surface area contributed by atoms with Gasteiger partial charge in [0, 0.05) is 11.9 Å². The summed E-state index contributed by atoms with van der Waals surface area (Å²) in [6.07, 6.45) is 1.98. The molecule has 1 aliphatic heterocycles. The number of anilines is 2. The van der Waals surface area contributed by atoms with E-state index in [4.69, 9.17) is 0 Å². The van der Waals surface area contributed by atoms with Crippen LogP contribution in [0, 0.1) is 17.1 Å². The highest BCUT2D eigenvalue weighted by molar-refractivity contribution is 7.95. The van der Waals surface area contributed by atoms with Crippen molar-refractivity contribution in [2.24, 2.45) is 0 Å². The predicted molar refractivity (Wildman–Crippen MR) is 85.2 cm³/mol. The maximum Gasteiger partial charge on any atom is 0.220 e. The summed E-state index contributed by atoms with van der Waals surface area (Å²) in [5.74, 6) is -0.535. The number of nitrogens with zero attached hydrogens (tertiary/aromatic N) is 2. The lowest BCUT2D eigenvalue weighted by atomic mass is 10.1. The minimum atomic E-state index is -3.92. The third-order valence-electron chi connectivity index (χ3n) is 3.75. The number of hydrogen-bond acceptors (Lipinski definition) is 4. The normalized spacial score (nSPS) is 15.5. The van der Waals surface area contributed by atoms with Crippen molar-refractivity contribution < 1.29 is 12.8 Å². The van der Waals surface area contributed by atoms with Crippen LogP contribution in [0.2, 0.25) is 0 Å². The van der Waals surface area contributed by atoms with Crippen molar-refractivity contribution in [3.05, 3.63) is 65.0 Å². The second-order valence-corrected chi connectivity index (χ2v) is 6.96. The van der Waals surface area contributed by atoms with Gasteiger partial charge in [-0.3, -0.25) is 0 Å². The van der Waals surface area contributed by atoms with Gasteiger partial charge in [-0.1, -0.05) is 25.1 Å². The van der Waals surface area contributed by atoms with Crippen LogP contribution >= 0.6 is 0 Å². The zero-order chi connectivity index (χ0) is 16.6. The van der Waals surface area contributed by atoms with Gasteiger partial charge in [-0.15, -0.1) is 0 Å². The molecule has 3 rings (SSSR count). The molecule has 0 radical (unpaired) electrons. The largest absolute Gasteiger partial charge is 0.313 e. The lowest BCUT2D eigenvalue weighted by molar-refractivity contribution is 0.600. The summed E-state index contributed by atoms with van der Waals surface area (Å²) in [7, 11) is -3.92. The number of fused-ring (bicyclic) bond motifs is 1. The minimum Gasteiger partial charge on any atom is -0.313 e. The molecule has 0 atom stereocenters. The molecule has 0 spiro atoms. The zero-order valence-corrected chi connectivity index (χ0v) is 13.1. The van der Waals surface area contributed by atoms with Crippen molar-refractivity contribution in [2.75, 3.05) is 4.90 Å². The van der Waals surface area contributed by atoms with Crippen LogP contribution < -0.4 is 4.90 Å². The molecule has 116 valence electrons. The predicted octanol–water partition coefficient (Wildman–Crippen LogP) is 3.68. The molecule has 1 heterocycles. The van der Waals surface area contributed by atoms with Crippen LogP contribution in [-0.2, 0) is 16.3 Å². The molecule has 0 aromatic heterocycles. The first kappa shape index (κ1) is 15.3. The van der Waals surface area contributed by atoms with E-state index < -0.39 is 15.7 Å². The average molecular weight is 328 g/mol. The molecule has 23 heavy (non-hydrogen) atoms. The fourth-order valence-electron chi connectivity index (χ4n) is 2.61. The number of sulfone groups is 1. The van der Waals surface area contributed by atoms with Gasteiger partial charge in [0.05, 0.1) is 10.6 Å². The van der Waals surface area contributed by atoms with Crippen molar-refractivity contribution >= 4 is 21.2 Å². The van der Waals surface area contributed by atoms with Gasteiger partial charge >= 0.3 is 0 Å². The van der Waals surface area contributed by atoms with Gasteiger partial charge in [0.2, 0.25) is 9.84 Å². The average Bonchev–Trinajstić information content (AvgIpc) is 2.54. The summed E-state index contributed by atoms with van der Waals surface area (Å²) < 4.78 is 38.6. The Morgan fingerprint density at radius 1 is 1.17 bits per heavy atom. The standard InChI is InChI=1S/C17H13FN2O2S/c1-2-12-5-3-4-6-15(12)20-11-14(10-19)23(21,22)17-8-7-13(18)9-16(17)20/h3-9,11H,2H2,1H3. The molecule has 6 heteroatoms. The van der Waals surface area contributed by atoms with E-state index in [1.807, 2.05) is 31.2 Å². The van der Waals surface area contributed by atoms with Crippen LogP contribution in [0.4, 0.5) is 15.8 Å². The van der Waals surface area contributed by atoms with E-state index in [-0.39, 0.29) is 15.5 Å². The topological polar surface area (TPSA) is 61.2 Å². The van der Waals surface area contributed by atoms with E-state index in [2.05, 4.69) is 0 Å². The lowest BCUT2D eigenvalue weighted by Gasteiger charge is -2.29. The summed E-state index contributed by atoms with van der Waals surface area (Å²) in [4.78, 5) is 1.14. The number of rotatable bonds is 2. The quantitative estimate of drug-likeness (QED) is 0.789. The number of hydrogen-bond donors (Lipinski definition) is 0. The van der Waals surface area contributed by atoms with Crippen LogP contribution in [0.5, 0.6) is 0 Å². The molecule has 4 nitrogen and oxygen atoms in total. The number of allylic oxidation sites excluding steroid dienone is 1. The first-order chi connectivity index (χ1) is 11.0. The van der Waals surface area contributed by atoms with Crippen molar-refractivity contribution in [2.45, 2.75) is 18.2 Å². The Bertz CT molecular complexity index is 959. The molecule has 1 aliphatic rings. The Labute approximate surface area is 134 Å². The molecular formula is C17H13FN2O2S. The second-order valence-electron chi connectivity index (χ2n) is 5.07. The van der Waals surface area contributed by atoms with Crippen molar-refractivity contribution in [3.8, 4) is 6.07 Å². The van der Waals surface area contributed by atoms with E-state index in [0.29, 0.717) is 0 Å². The van der Waals surface area contributed by atoms with E-state index in [9.17, 15) is 18.1 Å². The third kappa shape index (κ3) is 2.39. The van der Waals surface area contributed by atoms with Crippen LogP contribution in [0.1, 0.15) is 12.5 Å². The zero-order valence-electron chi connectivity index (χ0n) is 12.3. The smallest absolute Gasteiger partial charge is 0.220 e. The number of nitriles is 1. The Morgan fingerprint density at radius 2 is 1.91 bits per heavy atom. The highest BCUT2D eigenvalue weighted by Gasteiger charge is 2.32. The van der Waals surface area contributed by atoms with Crippen LogP contribution in [0.3, 0.4) is 0 Å². The molecule has 0 saturated carbocycles. The summed E-state index contributed by atoms with van der Waals surface area (Å²) >= 11 is 0. The molecule has 0 aliphatic carbocycles. The van der Waals surface area contributed by atoms with Gasteiger partial charge in [0.25, 0.3) is 0 Å². The van der Waals surface area contributed by atoms with Gasteiger partial charge < -0.3 is 4.90 Å². The second kappa shape index (κ2) is 5.52. The molecule has 2 aromatic rings. The molecule has 2 aromatic carbocycles. The lowest BCUT2D eigenvalue weighted by Crippen LogP contribution is -2.22.